The summed E-state index contributed by atoms with van der Waals surface area (Å²) in [5, 5.41) is 2.69. The van der Waals surface area contributed by atoms with Gasteiger partial charge in [0.25, 0.3) is 5.91 Å². The molecule has 0 aromatic heterocycles. The van der Waals surface area contributed by atoms with Gasteiger partial charge >= 0.3 is 6.61 Å². The number of rotatable bonds is 8. The Morgan fingerprint density at radius 2 is 1.81 bits per heavy atom. The van der Waals surface area contributed by atoms with Crippen molar-refractivity contribution in [1.29, 1.82) is 0 Å². The van der Waals surface area contributed by atoms with Gasteiger partial charge in [-0.25, -0.2) is 0 Å². The predicted octanol–water partition coefficient (Wildman–Crippen LogP) is 3.40. The maximum absolute atomic E-state index is 12.6. The summed E-state index contributed by atoms with van der Waals surface area (Å²) in [7, 11) is 1.54. The first-order chi connectivity index (χ1) is 12.9. The lowest BCUT2D eigenvalue weighted by Gasteiger charge is -2.20. The topological polar surface area (TPSA) is 67.9 Å². The Bertz CT molecular complexity index is 782. The average molecular weight is 378 g/mol. The molecule has 2 aromatic rings. The van der Waals surface area contributed by atoms with Gasteiger partial charge in [0, 0.05) is 17.8 Å². The molecule has 0 aliphatic rings. The zero-order valence-electron chi connectivity index (χ0n) is 14.9. The molecule has 0 saturated carbocycles. The number of benzene rings is 2. The van der Waals surface area contributed by atoms with Gasteiger partial charge in [-0.15, -0.1) is 0 Å². The van der Waals surface area contributed by atoms with Gasteiger partial charge in [-0.1, -0.05) is 6.07 Å². The summed E-state index contributed by atoms with van der Waals surface area (Å²) in [5.74, 6) is -0.295. The van der Waals surface area contributed by atoms with Crippen LogP contribution in [0.3, 0.4) is 0 Å². The number of anilines is 1. The monoisotopic (exact) mass is 378 g/mol. The minimum absolute atomic E-state index is 0.116. The molecule has 144 valence electrons. The lowest BCUT2D eigenvalue weighted by atomic mass is 10.2. The molecule has 0 aliphatic carbocycles. The lowest BCUT2D eigenvalue weighted by molar-refractivity contribution is -0.116. The molecule has 0 saturated heterocycles. The number of nitrogens with zero attached hydrogens (tertiary/aromatic N) is 1. The summed E-state index contributed by atoms with van der Waals surface area (Å²) in [6.07, 6.45) is 0. The molecule has 27 heavy (non-hydrogen) atoms. The lowest BCUT2D eigenvalue weighted by Crippen LogP contribution is -2.37. The maximum atomic E-state index is 12.6. The second kappa shape index (κ2) is 9.51. The summed E-state index contributed by atoms with van der Waals surface area (Å²) in [5.41, 5.74) is 0.726. The zero-order valence-corrected chi connectivity index (χ0v) is 14.9. The van der Waals surface area contributed by atoms with Crippen molar-refractivity contribution in [1.82, 2.24) is 4.90 Å². The zero-order chi connectivity index (χ0) is 19.8. The third-order valence-electron chi connectivity index (χ3n) is 3.68. The van der Waals surface area contributed by atoms with Gasteiger partial charge in [0.05, 0.1) is 7.11 Å². The van der Waals surface area contributed by atoms with Crippen molar-refractivity contribution in [2.45, 2.75) is 13.5 Å². The van der Waals surface area contributed by atoms with Crippen LogP contribution >= 0.6 is 0 Å². The van der Waals surface area contributed by atoms with Crippen LogP contribution in [-0.4, -0.2) is 43.5 Å². The highest BCUT2D eigenvalue weighted by molar-refractivity contribution is 5.99. The summed E-state index contributed by atoms with van der Waals surface area (Å²) < 4.78 is 34.0. The molecule has 0 unspecified atom stereocenters. The van der Waals surface area contributed by atoms with Crippen LogP contribution in [0.4, 0.5) is 14.5 Å². The fourth-order valence-corrected chi connectivity index (χ4v) is 2.36. The number of hydrogen-bond donors (Lipinski definition) is 1. The van der Waals surface area contributed by atoms with E-state index in [2.05, 4.69) is 10.1 Å². The number of amides is 2. The number of carbonyl (C=O) groups excluding carboxylic acids is 2. The van der Waals surface area contributed by atoms with Crippen LogP contribution in [0.1, 0.15) is 17.3 Å². The molecule has 1 N–H and O–H groups in total. The molecule has 0 atom stereocenters. The first-order valence-corrected chi connectivity index (χ1v) is 8.21. The van der Waals surface area contributed by atoms with E-state index in [1.165, 1.54) is 29.2 Å². The van der Waals surface area contributed by atoms with E-state index in [0.717, 1.165) is 0 Å². The van der Waals surface area contributed by atoms with Crippen molar-refractivity contribution in [2.24, 2.45) is 0 Å². The van der Waals surface area contributed by atoms with Gasteiger partial charge in [0.1, 0.15) is 18.0 Å². The first-order valence-electron chi connectivity index (χ1n) is 8.21. The average Bonchev–Trinajstić information content (AvgIpc) is 2.66. The number of halogens is 2. The van der Waals surface area contributed by atoms with Gasteiger partial charge in [0.2, 0.25) is 5.91 Å². The third kappa shape index (κ3) is 5.95. The summed E-state index contributed by atoms with van der Waals surface area (Å²) in [6, 6.07) is 12.2. The minimum atomic E-state index is -2.98. The number of hydrogen-bond acceptors (Lipinski definition) is 4. The Hall–Kier alpha value is -3.16. The molecular weight excluding hydrogens is 358 g/mol. The van der Waals surface area contributed by atoms with Crippen LogP contribution in [0.15, 0.2) is 48.5 Å². The predicted molar refractivity (Wildman–Crippen MR) is 96.3 cm³/mol. The molecule has 0 radical (unpaired) electrons. The first kappa shape index (κ1) is 20.2. The molecular formula is C19H20F2N2O4. The van der Waals surface area contributed by atoms with Gasteiger partial charge in [-0.05, 0) is 49.4 Å². The van der Waals surface area contributed by atoms with Crippen LogP contribution in [0.5, 0.6) is 11.5 Å². The van der Waals surface area contributed by atoms with Crippen molar-refractivity contribution in [3.05, 3.63) is 54.1 Å². The third-order valence-corrected chi connectivity index (χ3v) is 3.68. The molecule has 0 aliphatic heterocycles. The van der Waals surface area contributed by atoms with E-state index in [9.17, 15) is 18.4 Å². The Morgan fingerprint density at radius 3 is 2.41 bits per heavy atom. The number of methoxy groups -OCH3 is 1. The molecule has 0 fully saturated rings. The quantitative estimate of drug-likeness (QED) is 0.765. The second-order valence-electron chi connectivity index (χ2n) is 5.50. The van der Waals surface area contributed by atoms with Crippen molar-refractivity contribution in [3.8, 4) is 11.5 Å². The smallest absolute Gasteiger partial charge is 0.387 e. The molecule has 0 bridgehead atoms. The van der Waals surface area contributed by atoms with Crippen LogP contribution in [0.2, 0.25) is 0 Å². The van der Waals surface area contributed by atoms with Gasteiger partial charge < -0.3 is 19.7 Å². The fraction of sp³-hybridized carbons (Fsp3) is 0.263. The van der Waals surface area contributed by atoms with Gasteiger partial charge in [0.15, 0.2) is 0 Å². The van der Waals surface area contributed by atoms with Crippen molar-refractivity contribution in [2.75, 3.05) is 25.5 Å². The SMILES string of the molecule is CCN(CC(=O)Nc1ccc(OC)cc1)C(=O)c1cccc(OC(F)F)c1. The van der Waals surface area contributed by atoms with E-state index < -0.39 is 12.5 Å². The highest BCUT2D eigenvalue weighted by atomic mass is 19.3. The highest BCUT2D eigenvalue weighted by Gasteiger charge is 2.18. The van der Waals surface area contributed by atoms with Crippen molar-refractivity contribution >= 4 is 17.5 Å². The Morgan fingerprint density at radius 1 is 1.11 bits per heavy atom. The summed E-state index contributed by atoms with van der Waals surface area (Å²) in [6.45, 7) is -1.17. The van der Waals surface area contributed by atoms with Crippen LogP contribution in [-0.2, 0) is 4.79 Å². The highest BCUT2D eigenvalue weighted by Crippen LogP contribution is 2.18. The van der Waals surface area contributed by atoms with Gasteiger partial charge in [-0.2, -0.15) is 8.78 Å². The van der Waals surface area contributed by atoms with E-state index in [1.54, 1.807) is 38.3 Å². The Labute approximate surface area is 155 Å². The molecule has 8 heteroatoms. The number of likely N-dealkylation sites (N-methyl/N-ethyl adjacent to an activating group) is 1. The molecule has 2 amide bonds. The van der Waals surface area contributed by atoms with Gasteiger partial charge in [-0.3, -0.25) is 9.59 Å². The molecule has 2 aromatic carbocycles. The van der Waals surface area contributed by atoms with Crippen molar-refractivity contribution in [3.63, 3.8) is 0 Å². The maximum Gasteiger partial charge on any atom is 0.387 e. The summed E-state index contributed by atoms with van der Waals surface area (Å²) >= 11 is 0. The Kier molecular flexibility index (Phi) is 7.10. The Balaban J connectivity index is 2.02. The summed E-state index contributed by atoms with van der Waals surface area (Å²) in [4.78, 5) is 26.1. The van der Waals surface area contributed by atoms with Crippen LogP contribution < -0.4 is 14.8 Å². The fourth-order valence-electron chi connectivity index (χ4n) is 2.36. The standard InChI is InChI=1S/C19H20F2N2O4/c1-3-23(12-17(24)22-14-7-9-15(26-2)10-8-14)18(25)13-5-4-6-16(11-13)27-19(20)21/h4-11,19H,3,12H2,1-2H3,(H,22,24). The van der Waals surface area contributed by atoms with E-state index in [1.807, 2.05) is 0 Å². The largest absolute Gasteiger partial charge is 0.497 e. The molecule has 2 rings (SSSR count). The number of ether oxygens (including phenoxy) is 2. The number of carbonyl (C=O) groups is 2. The van der Waals surface area contributed by atoms with E-state index in [4.69, 9.17) is 4.74 Å². The minimum Gasteiger partial charge on any atom is -0.497 e. The van der Waals surface area contributed by atoms with Crippen LogP contribution in [0.25, 0.3) is 0 Å². The number of nitrogens with one attached hydrogen (secondary N) is 1. The van der Waals surface area contributed by atoms with E-state index in [0.29, 0.717) is 11.4 Å². The number of alkyl halides is 2. The molecule has 6 nitrogen and oxygen atoms in total. The van der Waals surface area contributed by atoms with E-state index in [-0.39, 0.29) is 30.3 Å². The van der Waals surface area contributed by atoms with E-state index >= 15 is 0 Å². The normalized spacial score (nSPS) is 10.4. The van der Waals surface area contributed by atoms with Crippen LogP contribution in [0, 0.1) is 0 Å². The van der Waals surface area contributed by atoms with Crippen molar-refractivity contribution < 1.29 is 27.8 Å². The molecule has 0 heterocycles. The second-order valence-corrected chi connectivity index (χ2v) is 5.50. The molecule has 0 spiro atoms.